The summed E-state index contributed by atoms with van der Waals surface area (Å²) >= 11 is 1.45. The van der Waals surface area contributed by atoms with Crippen molar-refractivity contribution in [3.8, 4) is 22.1 Å². The molecular formula is C22H22N4O3S. The van der Waals surface area contributed by atoms with E-state index < -0.39 is 0 Å². The Hall–Kier alpha value is -2.97. The highest BCUT2D eigenvalue weighted by Gasteiger charge is 2.26. The first-order valence-corrected chi connectivity index (χ1v) is 10.8. The van der Waals surface area contributed by atoms with Crippen LogP contribution >= 0.6 is 11.3 Å². The van der Waals surface area contributed by atoms with E-state index in [9.17, 15) is 4.79 Å². The summed E-state index contributed by atoms with van der Waals surface area (Å²) in [7, 11) is 0. The highest BCUT2D eigenvalue weighted by Crippen LogP contribution is 2.33. The van der Waals surface area contributed by atoms with Gasteiger partial charge in [-0.1, -0.05) is 6.07 Å². The number of piperazine rings is 1. The summed E-state index contributed by atoms with van der Waals surface area (Å²) in [5.74, 6) is 1.69. The van der Waals surface area contributed by atoms with Crippen LogP contribution in [0.15, 0.2) is 42.7 Å². The van der Waals surface area contributed by atoms with Crippen molar-refractivity contribution in [3.63, 3.8) is 0 Å². The molecule has 1 aromatic carbocycles. The van der Waals surface area contributed by atoms with E-state index >= 15 is 0 Å². The monoisotopic (exact) mass is 422 g/mol. The van der Waals surface area contributed by atoms with Crippen molar-refractivity contribution in [1.29, 1.82) is 0 Å². The van der Waals surface area contributed by atoms with Crippen molar-refractivity contribution in [1.82, 2.24) is 19.8 Å². The van der Waals surface area contributed by atoms with Crippen LogP contribution in [0.4, 0.5) is 0 Å². The van der Waals surface area contributed by atoms with Crippen LogP contribution in [0.25, 0.3) is 10.6 Å². The molecule has 7 nitrogen and oxygen atoms in total. The molecule has 0 atom stereocenters. The van der Waals surface area contributed by atoms with Gasteiger partial charge in [0.25, 0.3) is 5.91 Å². The van der Waals surface area contributed by atoms with Gasteiger partial charge in [-0.05, 0) is 36.8 Å². The van der Waals surface area contributed by atoms with Crippen molar-refractivity contribution >= 4 is 17.2 Å². The normalized spacial score (nSPS) is 16.1. The third kappa shape index (κ3) is 3.76. The molecule has 0 spiro atoms. The number of benzene rings is 1. The van der Waals surface area contributed by atoms with Gasteiger partial charge < -0.3 is 14.4 Å². The highest BCUT2D eigenvalue weighted by atomic mass is 32.1. The Bertz CT molecular complexity index is 1060. The molecule has 8 heteroatoms. The summed E-state index contributed by atoms with van der Waals surface area (Å²) in [5.41, 5.74) is 2.92. The SMILES string of the molecule is Cc1nc(-c2cccnc2)sc1C(=O)N1CCN(Cc2ccc3c(c2)OCO3)CC1. The first-order valence-electron chi connectivity index (χ1n) is 9.95. The van der Waals surface area contributed by atoms with Crippen molar-refractivity contribution in [3.05, 3.63) is 58.9 Å². The summed E-state index contributed by atoms with van der Waals surface area (Å²) in [4.78, 5) is 26.8. The summed E-state index contributed by atoms with van der Waals surface area (Å²) in [6, 6.07) is 9.93. The van der Waals surface area contributed by atoms with Gasteiger partial charge in [-0.3, -0.25) is 14.7 Å². The Balaban J connectivity index is 1.21. The van der Waals surface area contributed by atoms with Crippen molar-refractivity contribution in [2.24, 2.45) is 0 Å². The van der Waals surface area contributed by atoms with Gasteiger partial charge in [0.1, 0.15) is 9.88 Å². The van der Waals surface area contributed by atoms with Gasteiger partial charge >= 0.3 is 0 Å². The third-order valence-electron chi connectivity index (χ3n) is 5.40. The second kappa shape index (κ2) is 8.04. The molecule has 30 heavy (non-hydrogen) atoms. The smallest absolute Gasteiger partial charge is 0.265 e. The van der Waals surface area contributed by atoms with E-state index in [0.717, 1.165) is 52.3 Å². The minimum atomic E-state index is 0.0721. The van der Waals surface area contributed by atoms with E-state index in [4.69, 9.17) is 9.47 Å². The lowest BCUT2D eigenvalue weighted by Crippen LogP contribution is -2.48. The molecule has 0 unspecified atom stereocenters. The molecule has 154 valence electrons. The van der Waals surface area contributed by atoms with Gasteiger partial charge in [0.2, 0.25) is 6.79 Å². The Morgan fingerprint density at radius 1 is 1.13 bits per heavy atom. The van der Waals surface area contributed by atoms with Crippen LogP contribution in [-0.2, 0) is 6.54 Å². The summed E-state index contributed by atoms with van der Waals surface area (Å²) < 4.78 is 10.8. The largest absolute Gasteiger partial charge is 0.454 e. The number of carbonyl (C=O) groups is 1. The predicted molar refractivity (Wildman–Crippen MR) is 114 cm³/mol. The van der Waals surface area contributed by atoms with Crippen molar-refractivity contribution in [2.45, 2.75) is 13.5 Å². The number of amides is 1. The van der Waals surface area contributed by atoms with Gasteiger partial charge in [0, 0.05) is 50.7 Å². The topological polar surface area (TPSA) is 67.8 Å². The molecular weight excluding hydrogens is 400 g/mol. The molecule has 3 aromatic rings. The fraction of sp³-hybridized carbons (Fsp3) is 0.318. The summed E-state index contributed by atoms with van der Waals surface area (Å²) in [6.07, 6.45) is 3.51. The van der Waals surface area contributed by atoms with Gasteiger partial charge in [-0.15, -0.1) is 11.3 Å². The molecule has 2 aliphatic rings. The number of aromatic nitrogens is 2. The molecule has 0 aliphatic carbocycles. The fourth-order valence-corrected chi connectivity index (χ4v) is 4.78. The van der Waals surface area contributed by atoms with E-state index in [1.807, 2.05) is 36.1 Å². The van der Waals surface area contributed by atoms with Crippen LogP contribution in [-0.4, -0.2) is 58.6 Å². The maximum atomic E-state index is 13.1. The number of nitrogens with zero attached hydrogens (tertiary/aromatic N) is 4. The first kappa shape index (κ1) is 19.0. The molecule has 4 heterocycles. The zero-order valence-corrected chi connectivity index (χ0v) is 17.5. The molecule has 5 rings (SSSR count). The average molecular weight is 423 g/mol. The van der Waals surface area contributed by atoms with Gasteiger partial charge in [-0.25, -0.2) is 4.98 Å². The maximum absolute atomic E-state index is 13.1. The zero-order chi connectivity index (χ0) is 20.5. The summed E-state index contributed by atoms with van der Waals surface area (Å²) in [6.45, 7) is 6.13. The van der Waals surface area contributed by atoms with E-state index in [1.54, 1.807) is 12.4 Å². The Labute approximate surface area is 178 Å². The lowest BCUT2D eigenvalue weighted by Gasteiger charge is -2.34. The summed E-state index contributed by atoms with van der Waals surface area (Å²) in [5, 5.41) is 0.838. The lowest BCUT2D eigenvalue weighted by molar-refractivity contribution is 0.0632. The average Bonchev–Trinajstić information content (AvgIpc) is 3.40. The van der Waals surface area contributed by atoms with Gasteiger partial charge in [-0.2, -0.15) is 0 Å². The minimum Gasteiger partial charge on any atom is -0.454 e. The van der Waals surface area contributed by atoms with Gasteiger partial charge in [0.15, 0.2) is 11.5 Å². The van der Waals surface area contributed by atoms with Crippen LogP contribution in [0.5, 0.6) is 11.5 Å². The van der Waals surface area contributed by atoms with Crippen LogP contribution in [0.2, 0.25) is 0 Å². The molecule has 0 bridgehead atoms. The molecule has 1 amide bonds. The number of thiazole rings is 1. The van der Waals surface area contributed by atoms with E-state index in [-0.39, 0.29) is 5.91 Å². The van der Waals surface area contributed by atoms with Crippen LogP contribution in [0, 0.1) is 6.92 Å². The quantitative estimate of drug-likeness (QED) is 0.643. The Morgan fingerprint density at radius 3 is 2.77 bits per heavy atom. The molecule has 1 fully saturated rings. The van der Waals surface area contributed by atoms with Crippen molar-refractivity contribution in [2.75, 3.05) is 33.0 Å². The molecule has 1 saturated heterocycles. The number of rotatable bonds is 4. The number of pyridine rings is 1. The van der Waals surface area contributed by atoms with Crippen molar-refractivity contribution < 1.29 is 14.3 Å². The van der Waals surface area contributed by atoms with Crippen LogP contribution in [0.1, 0.15) is 20.9 Å². The third-order valence-corrected chi connectivity index (χ3v) is 6.60. The minimum absolute atomic E-state index is 0.0721. The molecule has 0 N–H and O–H groups in total. The fourth-order valence-electron chi connectivity index (χ4n) is 3.76. The molecule has 2 aromatic heterocycles. The Morgan fingerprint density at radius 2 is 1.97 bits per heavy atom. The number of aryl methyl sites for hydroxylation is 1. The van der Waals surface area contributed by atoms with E-state index in [1.165, 1.54) is 16.9 Å². The molecule has 0 saturated carbocycles. The molecule has 2 aliphatic heterocycles. The first-order chi connectivity index (χ1) is 14.7. The van der Waals surface area contributed by atoms with Gasteiger partial charge in [0.05, 0.1) is 5.69 Å². The predicted octanol–water partition coefficient (Wildman–Crippen LogP) is 3.20. The standard InChI is InChI=1S/C22H22N4O3S/c1-15-20(30-21(24-15)17-3-2-6-23-12-17)22(27)26-9-7-25(8-10-26)13-16-4-5-18-19(11-16)29-14-28-18/h2-6,11-12H,7-10,13-14H2,1H3. The number of fused-ring (bicyclic) bond motifs is 1. The highest BCUT2D eigenvalue weighted by molar-refractivity contribution is 7.17. The van der Waals surface area contributed by atoms with Crippen LogP contribution in [0.3, 0.4) is 0 Å². The Kier molecular flexibility index (Phi) is 5.10. The number of ether oxygens (including phenoxy) is 2. The number of hydrogen-bond acceptors (Lipinski definition) is 7. The maximum Gasteiger partial charge on any atom is 0.265 e. The van der Waals surface area contributed by atoms with E-state index in [0.29, 0.717) is 19.9 Å². The van der Waals surface area contributed by atoms with E-state index in [2.05, 4.69) is 20.9 Å². The second-order valence-corrected chi connectivity index (χ2v) is 8.43. The second-order valence-electron chi connectivity index (χ2n) is 7.43. The zero-order valence-electron chi connectivity index (χ0n) is 16.7. The molecule has 0 radical (unpaired) electrons. The lowest BCUT2D eigenvalue weighted by atomic mass is 10.1. The van der Waals surface area contributed by atoms with Crippen LogP contribution < -0.4 is 9.47 Å². The number of carbonyl (C=O) groups excluding carboxylic acids is 1. The number of hydrogen-bond donors (Lipinski definition) is 0.